The molecule has 0 atom stereocenters. The maximum Gasteiger partial charge on any atom is 0.335 e. The molecular formula is C14H8ClNO3. The SMILES string of the molecule is N#Cc1cc(-c2ccc(C(=O)O)cc2O)ccc1Cl. The van der Waals surface area contributed by atoms with Crippen molar-refractivity contribution in [3.8, 4) is 22.9 Å². The van der Waals surface area contributed by atoms with Gasteiger partial charge in [0.15, 0.2) is 0 Å². The molecule has 0 aliphatic carbocycles. The van der Waals surface area contributed by atoms with Gasteiger partial charge in [0, 0.05) is 5.56 Å². The van der Waals surface area contributed by atoms with E-state index in [0.717, 1.165) is 0 Å². The molecule has 0 spiro atoms. The van der Waals surface area contributed by atoms with Gasteiger partial charge in [-0.15, -0.1) is 0 Å². The second-order valence-electron chi connectivity index (χ2n) is 3.84. The minimum absolute atomic E-state index is 0.00396. The summed E-state index contributed by atoms with van der Waals surface area (Å²) >= 11 is 5.83. The highest BCUT2D eigenvalue weighted by Gasteiger charge is 2.10. The molecule has 0 aromatic heterocycles. The molecule has 5 heteroatoms. The number of rotatable bonds is 2. The number of carbonyl (C=O) groups is 1. The molecule has 0 amide bonds. The van der Waals surface area contributed by atoms with Crippen LogP contribution < -0.4 is 0 Å². The molecule has 2 N–H and O–H groups in total. The van der Waals surface area contributed by atoms with Gasteiger partial charge in [-0.05, 0) is 35.9 Å². The van der Waals surface area contributed by atoms with E-state index in [0.29, 0.717) is 21.7 Å². The largest absolute Gasteiger partial charge is 0.507 e. The van der Waals surface area contributed by atoms with E-state index in [1.54, 1.807) is 12.1 Å². The first-order valence-electron chi connectivity index (χ1n) is 5.29. The van der Waals surface area contributed by atoms with Gasteiger partial charge in [-0.25, -0.2) is 4.79 Å². The van der Waals surface area contributed by atoms with E-state index in [9.17, 15) is 9.90 Å². The lowest BCUT2D eigenvalue weighted by molar-refractivity contribution is 0.0696. The second kappa shape index (κ2) is 5.01. The number of phenolic OH excluding ortho intramolecular Hbond substituents is 1. The van der Waals surface area contributed by atoms with Crippen LogP contribution in [-0.2, 0) is 0 Å². The number of phenols is 1. The van der Waals surface area contributed by atoms with E-state index in [4.69, 9.17) is 22.0 Å². The van der Waals surface area contributed by atoms with Crippen molar-refractivity contribution >= 4 is 17.6 Å². The van der Waals surface area contributed by atoms with Crippen molar-refractivity contribution in [2.24, 2.45) is 0 Å². The molecule has 0 saturated heterocycles. The molecule has 0 saturated carbocycles. The van der Waals surface area contributed by atoms with E-state index in [1.165, 1.54) is 24.3 Å². The molecular weight excluding hydrogens is 266 g/mol. The minimum Gasteiger partial charge on any atom is -0.507 e. The zero-order valence-corrected chi connectivity index (χ0v) is 10.3. The van der Waals surface area contributed by atoms with Gasteiger partial charge in [0.25, 0.3) is 0 Å². The molecule has 0 bridgehead atoms. The Hall–Kier alpha value is -2.51. The second-order valence-corrected chi connectivity index (χ2v) is 4.25. The zero-order chi connectivity index (χ0) is 14.0. The Kier molecular flexibility index (Phi) is 3.41. The summed E-state index contributed by atoms with van der Waals surface area (Å²) in [5, 5.41) is 27.9. The molecule has 2 aromatic rings. The van der Waals surface area contributed by atoms with Crippen molar-refractivity contribution in [3.05, 3.63) is 52.5 Å². The maximum absolute atomic E-state index is 10.8. The van der Waals surface area contributed by atoms with Crippen molar-refractivity contribution in [2.45, 2.75) is 0 Å². The Bertz CT molecular complexity index is 704. The number of aromatic carboxylic acids is 1. The number of nitriles is 1. The molecule has 0 fully saturated rings. The summed E-state index contributed by atoms with van der Waals surface area (Å²) in [6, 6.07) is 10.7. The first-order chi connectivity index (χ1) is 9.02. The van der Waals surface area contributed by atoms with Gasteiger partial charge in [-0.2, -0.15) is 5.26 Å². The smallest absolute Gasteiger partial charge is 0.335 e. The van der Waals surface area contributed by atoms with Gasteiger partial charge < -0.3 is 10.2 Å². The first kappa shape index (κ1) is 12.9. The van der Waals surface area contributed by atoms with Crippen LogP contribution in [0.5, 0.6) is 5.75 Å². The average Bonchev–Trinajstić information content (AvgIpc) is 2.39. The number of carboxylic acid groups (broad SMARTS) is 1. The van der Waals surface area contributed by atoms with Crippen LogP contribution in [0.1, 0.15) is 15.9 Å². The van der Waals surface area contributed by atoms with E-state index in [1.807, 2.05) is 6.07 Å². The van der Waals surface area contributed by atoms with Crippen LogP contribution in [0.15, 0.2) is 36.4 Å². The molecule has 2 rings (SSSR count). The van der Waals surface area contributed by atoms with Gasteiger partial charge >= 0.3 is 5.97 Å². The van der Waals surface area contributed by atoms with Crippen LogP contribution in [-0.4, -0.2) is 16.2 Å². The van der Waals surface area contributed by atoms with Gasteiger partial charge in [-0.1, -0.05) is 17.7 Å². The number of hydrogen-bond acceptors (Lipinski definition) is 3. The fourth-order valence-corrected chi connectivity index (χ4v) is 1.85. The number of benzene rings is 2. The molecule has 94 valence electrons. The van der Waals surface area contributed by atoms with Gasteiger partial charge in [0.05, 0.1) is 16.1 Å². The number of aromatic hydroxyl groups is 1. The Balaban J connectivity index is 2.54. The fraction of sp³-hybridized carbons (Fsp3) is 0. The molecule has 0 unspecified atom stereocenters. The summed E-state index contributed by atoms with van der Waals surface area (Å²) < 4.78 is 0. The Morgan fingerprint density at radius 3 is 2.53 bits per heavy atom. The highest BCUT2D eigenvalue weighted by Crippen LogP contribution is 2.32. The van der Waals surface area contributed by atoms with E-state index >= 15 is 0 Å². The van der Waals surface area contributed by atoms with E-state index in [-0.39, 0.29) is 11.3 Å². The standard InChI is InChI=1S/C14H8ClNO3/c15-12-4-2-8(5-10(12)7-16)11-3-1-9(14(18)19)6-13(11)17/h1-6,17H,(H,18,19). The molecule has 19 heavy (non-hydrogen) atoms. The van der Waals surface area contributed by atoms with Crippen molar-refractivity contribution in [1.29, 1.82) is 5.26 Å². The van der Waals surface area contributed by atoms with Crippen LogP contribution in [0.4, 0.5) is 0 Å². The lowest BCUT2D eigenvalue weighted by atomic mass is 10.0. The van der Waals surface area contributed by atoms with Crippen molar-refractivity contribution in [2.75, 3.05) is 0 Å². The highest BCUT2D eigenvalue weighted by molar-refractivity contribution is 6.31. The van der Waals surface area contributed by atoms with Crippen molar-refractivity contribution in [3.63, 3.8) is 0 Å². The molecule has 0 heterocycles. The summed E-state index contributed by atoms with van der Waals surface area (Å²) in [7, 11) is 0. The summed E-state index contributed by atoms with van der Waals surface area (Å²) in [6.07, 6.45) is 0. The summed E-state index contributed by atoms with van der Waals surface area (Å²) in [5.41, 5.74) is 1.32. The van der Waals surface area contributed by atoms with Crippen molar-refractivity contribution < 1.29 is 15.0 Å². The number of hydrogen-bond donors (Lipinski definition) is 2. The topological polar surface area (TPSA) is 81.3 Å². The third kappa shape index (κ3) is 2.51. The van der Waals surface area contributed by atoms with Gasteiger partial charge in [0.1, 0.15) is 11.8 Å². The third-order valence-corrected chi connectivity index (χ3v) is 2.97. The fourth-order valence-electron chi connectivity index (χ4n) is 1.69. The van der Waals surface area contributed by atoms with Crippen molar-refractivity contribution in [1.82, 2.24) is 0 Å². The van der Waals surface area contributed by atoms with Crippen LogP contribution in [0, 0.1) is 11.3 Å². The molecule has 4 nitrogen and oxygen atoms in total. The predicted molar refractivity (Wildman–Crippen MR) is 70.2 cm³/mol. The zero-order valence-electron chi connectivity index (χ0n) is 9.59. The number of halogens is 1. The average molecular weight is 274 g/mol. The number of nitrogens with zero attached hydrogens (tertiary/aromatic N) is 1. The van der Waals surface area contributed by atoms with Crippen LogP contribution >= 0.6 is 11.6 Å². The minimum atomic E-state index is -1.12. The predicted octanol–water partition coefficient (Wildman–Crippen LogP) is 3.28. The van der Waals surface area contributed by atoms with Crippen LogP contribution in [0.2, 0.25) is 5.02 Å². The highest BCUT2D eigenvalue weighted by atomic mass is 35.5. The molecule has 0 radical (unpaired) electrons. The van der Waals surface area contributed by atoms with E-state index < -0.39 is 5.97 Å². The van der Waals surface area contributed by atoms with Crippen LogP contribution in [0.25, 0.3) is 11.1 Å². The maximum atomic E-state index is 10.8. The summed E-state index contributed by atoms with van der Waals surface area (Å²) in [4.78, 5) is 10.8. The van der Waals surface area contributed by atoms with Gasteiger partial charge in [0.2, 0.25) is 0 Å². The normalized spacial score (nSPS) is 9.89. The Morgan fingerprint density at radius 1 is 1.21 bits per heavy atom. The van der Waals surface area contributed by atoms with Gasteiger partial charge in [-0.3, -0.25) is 0 Å². The van der Waals surface area contributed by atoms with E-state index in [2.05, 4.69) is 0 Å². The summed E-state index contributed by atoms with van der Waals surface area (Å²) in [6.45, 7) is 0. The lowest BCUT2D eigenvalue weighted by Gasteiger charge is -2.07. The molecule has 2 aromatic carbocycles. The monoisotopic (exact) mass is 273 g/mol. The molecule has 0 aliphatic rings. The van der Waals surface area contributed by atoms with Crippen LogP contribution in [0.3, 0.4) is 0 Å². The lowest BCUT2D eigenvalue weighted by Crippen LogP contribution is -1.95. The number of carboxylic acids is 1. The Morgan fingerprint density at radius 2 is 1.95 bits per heavy atom. The molecule has 0 aliphatic heterocycles. The third-order valence-electron chi connectivity index (χ3n) is 2.64. The summed E-state index contributed by atoms with van der Waals surface area (Å²) in [5.74, 6) is -1.28. The quantitative estimate of drug-likeness (QED) is 0.880. The first-order valence-corrected chi connectivity index (χ1v) is 5.67. The Labute approximate surface area is 114 Å².